The number of benzene rings is 1. The van der Waals surface area contributed by atoms with Gasteiger partial charge in [-0.3, -0.25) is 14.9 Å². The molecule has 9 nitrogen and oxygen atoms in total. The van der Waals surface area contributed by atoms with Crippen LogP contribution in [0, 0.1) is 10.1 Å². The predicted molar refractivity (Wildman–Crippen MR) is 105 cm³/mol. The summed E-state index contributed by atoms with van der Waals surface area (Å²) in [5.74, 6) is -1.12. The molecule has 1 aliphatic rings. The van der Waals surface area contributed by atoms with E-state index in [4.69, 9.17) is 4.74 Å². The number of carbonyl (C=O) groups excluding carboxylic acids is 1. The Labute approximate surface area is 164 Å². The van der Waals surface area contributed by atoms with Gasteiger partial charge in [0.1, 0.15) is 5.82 Å². The number of ether oxygens (including phenoxy) is 1. The summed E-state index contributed by atoms with van der Waals surface area (Å²) in [4.78, 5) is 43.3. The summed E-state index contributed by atoms with van der Waals surface area (Å²) in [6.07, 6.45) is 1.78. The number of carbonyl (C=O) groups is 1. The molecule has 1 aromatic carbocycles. The first kappa shape index (κ1) is 19.6. The number of nitro benzene ring substituents is 1. The number of hydrogen-bond donors (Lipinski definition) is 2. The second kappa shape index (κ2) is 7.85. The number of rotatable bonds is 5. The van der Waals surface area contributed by atoms with E-state index >= 15 is 0 Å². The van der Waals surface area contributed by atoms with Gasteiger partial charge in [0.05, 0.1) is 28.6 Å². The third-order valence-electron chi connectivity index (χ3n) is 4.32. The van der Waals surface area contributed by atoms with Crippen molar-refractivity contribution in [1.29, 1.82) is 0 Å². The molecular formula is C18H18N4O5S. The third-order valence-corrected chi connectivity index (χ3v) is 4.90. The number of H-pyrrole nitrogens is 1. The zero-order chi connectivity index (χ0) is 20.4. The number of aromatic nitrogens is 2. The summed E-state index contributed by atoms with van der Waals surface area (Å²) < 4.78 is 5.17. The van der Waals surface area contributed by atoms with Crippen molar-refractivity contribution in [3.63, 3.8) is 0 Å². The van der Waals surface area contributed by atoms with Gasteiger partial charge in [-0.15, -0.1) is 0 Å². The topological polar surface area (TPSA) is 127 Å². The number of aromatic amines is 1. The smallest absolute Gasteiger partial charge is 0.336 e. The molecule has 3 rings (SSSR count). The van der Waals surface area contributed by atoms with Crippen LogP contribution in [0.1, 0.15) is 30.9 Å². The second-order valence-corrected chi connectivity index (χ2v) is 6.80. The highest BCUT2D eigenvalue weighted by atomic mass is 32.2. The first-order valence-corrected chi connectivity index (χ1v) is 9.67. The third kappa shape index (κ3) is 3.50. The number of nitro groups is 1. The van der Waals surface area contributed by atoms with E-state index in [9.17, 15) is 19.7 Å². The maximum Gasteiger partial charge on any atom is 0.336 e. The normalized spacial score (nSPS) is 15.6. The van der Waals surface area contributed by atoms with Crippen LogP contribution in [0.3, 0.4) is 0 Å². The van der Waals surface area contributed by atoms with Crippen LogP contribution in [-0.2, 0) is 9.53 Å². The number of nitrogens with zero attached hydrogens (tertiary/aromatic N) is 2. The maximum absolute atomic E-state index is 12.8. The van der Waals surface area contributed by atoms with E-state index in [1.807, 2.05) is 0 Å². The average molecular weight is 402 g/mol. The molecule has 10 heteroatoms. The number of non-ortho nitro benzene ring substituents is 1. The highest BCUT2D eigenvalue weighted by Gasteiger charge is 2.36. The molecule has 28 heavy (non-hydrogen) atoms. The summed E-state index contributed by atoms with van der Waals surface area (Å²) in [7, 11) is 0. The fourth-order valence-corrected chi connectivity index (χ4v) is 3.54. The number of allylic oxidation sites excluding steroid dienone is 1. The lowest BCUT2D eigenvalue weighted by atomic mass is 9.82. The van der Waals surface area contributed by atoms with Crippen molar-refractivity contribution in [1.82, 2.24) is 9.97 Å². The minimum absolute atomic E-state index is 0.136. The first-order chi connectivity index (χ1) is 13.4. The molecule has 2 N–H and O–H groups in total. The van der Waals surface area contributed by atoms with Crippen molar-refractivity contribution in [2.45, 2.75) is 24.9 Å². The van der Waals surface area contributed by atoms with Gasteiger partial charge >= 0.3 is 5.97 Å². The maximum atomic E-state index is 12.8. The zero-order valence-corrected chi connectivity index (χ0v) is 16.3. The molecule has 146 valence electrons. The monoisotopic (exact) mass is 402 g/mol. The van der Waals surface area contributed by atoms with Crippen LogP contribution in [0.25, 0.3) is 0 Å². The van der Waals surface area contributed by atoms with Crippen molar-refractivity contribution in [3.05, 3.63) is 67.1 Å². The molecule has 0 bridgehead atoms. The van der Waals surface area contributed by atoms with E-state index in [-0.39, 0.29) is 23.4 Å². The standard InChI is InChI=1S/C18H18N4O5S/c1-4-27-17(24)12-9(2)19-15-14(16(23)21-18(20-15)28-3)13(12)10-6-5-7-11(8-10)22(25)26/h5-8,13H,4H2,1-3H3,(H2,19,20,21,23). The highest BCUT2D eigenvalue weighted by molar-refractivity contribution is 7.98. The van der Waals surface area contributed by atoms with E-state index in [1.54, 1.807) is 26.2 Å². The quantitative estimate of drug-likeness (QED) is 0.257. The lowest BCUT2D eigenvalue weighted by Crippen LogP contribution is -2.31. The first-order valence-electron chi connectivity index (χ1n) is 8.44. The Balaban J connectivity index is 2.28. The van der Waals surface area contributed by atoms with E-state index in [1.165, 1.54) is 30.0 Å². The van der Waals surface area contributed by atoms with Crippen LogP contribution in [0.5, 0.6) is 0 Å². The average Bonchev–Trinajstić information content (AvgIpc) is 2.66. The zero-order valence-electron chi connectivity index (χ0n) is 15.4. The van der Waals surface area contributed by atoms with E-state index in [0.717, 1.165) is 0 Å². The molecule has 2 aromatic rings. The summed E-state index contributed by atoms with van der Waals surface area (Å²) >= 11 is 1.27. The van der Waals surface area contributed by atoms with Gasteiger partial charge in [-0.05, 0) is 25.7 Å². The summed E-state index contributed by atoms with van der Waals surface area (Å²) in [5, 5.41) is 14.6. The molecule has 0 fully saturated rings. The van der Waals surface area contributed by atoms with Gasteiger partial charge in [0, 0.05) is 17.8 Å². The van der Waals surface area contributed by atoms with Crippen LogP contribution < -0.4 is 10.9 Å². The fraction of sp³-hybridized carbons (Fsp3) is 0.278. The molecule has 1 unspecified atom stereocenters. The van der Waals surface area contributed by atoms with E-state index < -0.39 is 22.4 Å². The molecule has 0 saturated heterocycles. The number of hydrogen-bond acceptors (Lipinski definition) is 8. The number of anilines is 1. The Morgan fingerprint density at radius 2 is 2.18 bits per heavy atom. The van der Waals surface area contributed by atoms with Gasteiger partial charge in [0.2, 0.25) is 0 Å². The molecule has 0 aliphatic carbocycles. The Morgan fingerprint density at radius 3 is 2.82 bits per heavy atom. The Morgan fingerprint density at radius 1 is 1.43 bits per heavy atom. The molecular weight excluding hydrogens is 384 g/mol. The van der Waals surface area contributed by atoms with Gasteiger partial charge in [-0.25, -0.2) is 9.78 Å². The SMILES string of the molecule is CCOC(=O)C1=C(C)Nc2nc(SC)[nH]c(=O)c2C1c1cccc([N+](=O)[O-])c1. The van der Waals surface area contributed by atoms with Crippen LogP contribution in [0.4, 0.5) is 11.5 Å². The van der Waals surface area contributed by atoms with Crippen molar-refractivity contribution >= 4 is 29.2 Å². The Hall–Kier alpha value is -3.14. The number of nitrogens with one attached hydrogen (secondary N) is 2. The number of fused-ring (bicyclic) bond motifs is 1. The molecule has 0 radical (unpaired) electrons. The van der Waals surface area contributed by atoms with Crippen LogP contribution >= 0.6 is 11.8 Å². The number of esters is 1. The molecule has 1 atom stereocenters. The van der Waals surface area contributed by atoms with Crippen LogP contribution in [0.15, 0.2) is 45.5 Å². The summed E-state index contributed by atoms with van der Waals surface area (Å²) in [6.45, 7) is 3.52. The molecule has 2 heterocycles. The van der Waals surface area contributed by atoms with Crippen molar-refractivity contribution in [3.8, 4) is 0 Å². The van der Waals surface area contributed by atoms with Gasteiger partial charge < -0.3 is 15.0 Å². The summed E-state index contributed by atoms with van der Waals surface area (Å²) in [5.41, 5.74) is 0.790. The van der Waals surface area contributed by atoms with Crippen LogP contribution in [0.2, 0.25) is 0 Å². The second-order valence-electron chi connectivity index (χ2n) is 6.01. The largest absolute Gasteiger partial charge is 0.463 e. The van der Waals surface area contributed by atoms with Crippen molar-refractivity contribution in [2.75, 3.05) is 18.2 Å². The summed E-state index contributed by atoms with van der Waals surface area (Å²) in [6, 6.07) is 5.87. The van der Waals surface area contributed by atoms with Gasteiger partial charge in [-0.2, -0.15) is 0 Å². The fourth-order valence-electron chi connectivity index (χ4n) is 3.16. The molecule has 1 aliphatic heterocycles. The molecule has 0 spiro atoms. The molecule has 0 amide bonds. The Kier molecular flexibility index (Phi) is 5.50. The van der Waals surface area contributed by atoms with Crippen LogP contribution in [-0.4, -0.2) is 33.7 Å². The molecule has 1 aromatic heterocycles. The van der Waals surface area contributed by atoms with Gasteiger partial charge in [0.15, 0.2) is 5.16 Å². The van der Waals surface area contributed by atoms with E-state index in [0.29, 0.717) is 22.2 Å². The molecule has 0 saturated carbocycles. The lowest BCUT2D eigenvalue weighted by Gasteiger charge is -2.28. The Bertz CT molecular complexity index is 1050. The van der Waals surface area contributed by atoms with Crippen molar-refractivity contribution < 1.29 is 14.5 Å². The highest BCUT2D eigenvalue weighted by Crippen LogP contribution is 2.40. The predicted octanol–water partition coefficient (Wildman–Crippen LogP) is 2.79. The van der Waals surface area contributed by atoms with Crippen molar-refractivity contribution in [2.24, 2.45) is 0 Å². The lowest BCUT2D eigenvalue weighted by molar-refractivity contribution is -0.384. The minimum Gasteiger partial charge on any atom is -0.463 e. The minimum atomic E-state index is -0.845. The van der Waals surface area contributed by atoms with Gasteiger partial charge in [0.25, 0.3) is 11.2 Å². The van der Waals surface area contributed by atoms with Gasteiger partial charge in [-0.1, -0.05) is 23.9 Å². The number of thioether (sulfide) groups is 1. The van der Waals surface area contributed by atoms with E-state index in [2.05, 4.69) is 15.3 Å².